The second-order valence-electron chi connectivity index (χ2n) is 10.2. The minimum absolute atomic E-state index is 0.0921. The number of hydrogen-bond acceptors (Lipinski definition) is 7. The van der Waals surface area contributed by atoms with Crippen molar-refractivity contribution in [1.29, 1.82) is 0 Å². The Morgan fingerprint density at radius 2 is 1.70 bits per heavy atom. The van der Waals surface area contributed by atoms with Crippen LogP contribution in [0, 0.1) is 15.5 Å². The molecule has 5 rings (SSSR count). The normalized spacial score (nSPS) is 18.1. The fourth-order valence-corrected chi connectivity index (χ4v) is 6.81. The monoisotopic (exact) mass is 606 g/mol. The first kappa shape index (κ1) is 28.6. The summed E-state index contributed by atoms with van der Waals surface area (Å²) < 4.78 is 79.2. The van der Waals surface area contributed by atoms with Gasteiger partial charge in [-0.05, 0) is 55.0 Å². The van der Waals surface area contributed by atoms with Gasteiger partial charge in [0.1, 0.15) is 4.70 Å². The highest BCUT2D eigenvalue weighted by molar-refractivity contribution is 7.22. The quantitative estimate of drug-likeness (QED) is 0.186. The summed E-state index contributed by atoms with van der Waals surface area (Å²) in [5.41, 5.74) is -3.51. The van der Waals surface area contributed by atoms with Crippen molar-refractivity contribution in [3.8, 4) is 0 Å². The molecule has 3 aromatic rings. The lowest BCUT2D eigenvalue weighted by Gasteiger charge is -2.39. The van der Waals surface area contributed by atoms with E-state index in [0.717, 1.165) is 23.8 Å². The average molecular weight is 607 g/mol. The Bertz CT molecular complexity index is 1540. The summed E-state index contributed by atoms with van der Waals surface area (Å²) in [4.78, 5) is 31.1. The van der Waals surface area contributed by atoms with E-state index >= 15 is 0 Å². The Labute approximate surface area is 232 Å². The van der Waals surface area contributed by atoms with E-state index in [4.69, 9.17) is 11.6 Å². The molecule has 2 saturated heterocycles. The number of nitro groups is 1. The average Bonchev–Trinajstić information content (AvgIpc) is 3.25. The highest BCUT2D eigenvalue weighted by Crippen LogP contribution is 2.44. The number of fused-ring (bicyclic) bond motifs is 1. The number of piperidine rings is 1. The molecule has 0 bridgehead atoms. The summed E-state index contributed by atoms with van der Waals surface area (Å²) in [5.74, 6) is 0. The van der Waals surface area contributed by atoms with E-state index in [2.05, 4.69) is 9.88 Å². The van der Waals surface area contributed by atoms with Crippen LogP contribution in [0.3, 0.4) is 0 Å². The van der Waals surface area contributed by atoms with Crippen LogP contribution in [0.4, 0.5) is 37.2 Å². The summed E-state index contributed by atoms with van der Waals surface area (Å²) in [6, 6.07) is 4.92. The number of anilines is 1. The van der Waals surface area contributed by atoms with Crippen LogP contribution < -0.4 is 10.5 Å². The number of nitrogens with zero attached hydrogens (tertiary/aromatic N) is 4. The maximum atomic E-state index is 13.2. The molecule has 1 aromatic heterocycles. The largest absolute Gasteiger partial charge is 0.417 e. The van der Waals surface area contributed by atoms with Crippen LogP contribution in [-0.2, 0) is 18.9 Å². The van der Waals surface area contributed by atoms with Crippen molar-refractivity contribution < 1.29 is 31.3 Å². The van der Waals surface area contributed by atoms with Crippen molar-refractivity contribution >= 4 is 43.8 Å². The van der Waals surface area contributed by atoms with Crippen molar-refractivity contribution in [2.24, 2.45) is 5.41 Å². The molecule has 0 N–H and O–H groups in total. The Hall–Kier alpha value is -2.97. The second kappa shape index (κ2) is 10.1. The van der Waals surface area contributed by atoms with Gasteiger partial charge in [0.2, 0.25) is 0 Å². The predicted octanol–water partition coefficient (Wildman–Crippen LogP) is 6.75. The summed E-state index contributed by atoms with van der Waals surface area (Å²) in [6.45, 7) is 2.63. The van der Waals surface area contributed by atoms with Crippen LogP contribution in [0.5, 0.6) is 0 Å². The summed E-state index contributed by atoms with van der Waals surface area (Å²) in [7, 11) is 0. The van der Waals surface area contributed by atoms with E-state index in [1.54, 1.807) is 11.0 Å². The molecule has 0 aliphatic carbocycles. The second-order valence-corrected chi connectivity index (χ2v) is 11.6. The van der Waals surface area contributed by atoms with Crippen LogP contribution in [0.25, 0.3) is 10.1 Å². The first-order valence-electron chi connectivity index (χ1n) is 12.2. The third kappa shape index (κ3) is 5.61. The minimum Gasteiger partial charge on any atom is -0.348 e. The third-order valence-electron chi connectivity index (χ3n) is 7.57. The highest BCUT2D eigenvalue weighted by atomic mass is 35.5. The number of aromatic nitrogens is 1. The van der Waals surface area contributed by atoms with Gasteiger partial charge < -0.3 is 4.90 Å². The van der Waals surface area contributed by atoms with Crippen molar-refractivity contribution in [2.45, 2.75) is 38.2 Å². The van der Waals surface area contributed by atoms with Crippen molar-refractivity contribution in [2.75, 3.05) is 31.1 Å². The summed E-state index contributed by atoms with van der Waals surface area (Å²) in [6.07, 6.45) is -7.21. The molecule has 1 spiro atoms. The van der Waals surface area contributed by atoms with E-state index in [1.807, 2.05) is 0 Å². The maximum absolute atomic E-state index is 13.2. The zero-order chi connectivity index (χ0) is 29.0. The molecule has 40 heavy (non-hydrogen) atoms. The first-order valence-corrected chi connectivity index (χ1v) is 13.4. The molecule has 0 amide bonds. The molecule has 3 heterocycles. The molecule has 2 aliphatic rings. The molecule has 2 aromatic carbocycles. The molecular weight excluding hydrogens is 586 g/mol. The predicted molar refractivity (Wildman–Crippen MR) is 138 cm³/mol. The van der Waals surface area contributed by atoms with Crippen molar-refractivity contribution in [3.05, 3.63) is 72.5 Å². The number of alkyl halides is 6. The van der Waals surface area contributed by atoms with Gasteiger partial charge in [-0.3, -0.25) is 19.8 Å². The number of halogens is 7. The third-order valence-corrected chi connectivity index (χ3v) is 9.06. The molecule has 0 radical (unpaired) electrons. The van der Waals surface area contributed by atoms with Crippen LogP contribution in [-0.4, -0.2) is 41.0 Å². The minimum atomic E-state index is -4.86. The van der Waals surface area contributed by atoms with Crippen LogP contribution in [0.15, 0.2) is 35.1 Å². The maximum Gasteiger partial charge on any atom is 0.417 e. The smallest absolute Gasteiger partial charge is 0.348 e. The van der Waals surface area contributed by atoms with E-state index in [0.29, 0.717) is 63.3 Å². The van der Waals surface area contributed by atoms with E-state index < -0.39 is 45.0 Å². The highest BCUT2D eigenvalue weighted by Gasteiger charge is 2.41. The Morgan fingerprint density at radius 3 is 2.33 bits per heavy atom. The Balaban J connectivity index is 1.31. The van der Waals surface area contributed by atoms with Gasteiger partial charge in [-0.1, -0.05) is 29.0 Å². The topological polar surface area (TPSA) is 79.6 Å². The molecule has 2 aliphatic heterocycles. The molecule has 7 nitrogen and oxygen atoms in total. The number of nitro benzene ring substituents is 1. The lowest BCUT2D eigenvalue weighted by Crippen LogP contribution is -2.42. The Kier molecular flexibility index (Phi) is 7.24. The molecule has 214 valence electrons. The molecule has 2 fully saturated rings. The number of rotatable bonds is 4. The van der Waals surface area contributed by atoms with E-state index in [9.17, 15) is 41.3 Å². The molecule has 0 saturated carbocycles. The van der Waals surface area contributed by atoms with Gasteiger partial charge in [0, 0.05) is 32.2 Å². The molecule has 15 heteroatoms. The van der Waals surface area contributed by atoms with Gasteiger partial charge in [-0.2, -0.15) is 31.3 Å². The number of non-ortho nitro benzene ring substituents is 1. The standard InChI is InChI=1S/C25H21ClF6N4O3S/c26-18-2-1-14(9-17(18)25(30,31)32)12-34-6-3-23(13-34)4-7-35(8-5-23)22-33-21(37)16-10-15(24(27,28)29)11-19(36(38)39)20(16)40-22/h1-2,9-11H,3-8,12-13H2. The molecule has 0 unspecified atom stereocenters. The summed E-state index contributed by atoms with van der Waals surface area (Å²) in [5, 5.41) is 10.9. The van der Waals surface area contributed by atoms with Crippen molar-refractivity contribution in [3.63, 3.8) is 0 Å². The van der Waals surface area contributed by atoms with Gasteiger partial charge >= 0.3 is 12.4 Å². The van der Waals surface area contributed by atoms with Gasteiger partial charge in [-0.25, -0.2) is 0 Å². The number of benzene rings is 2. The van der Waals surface area contributed by atoms with Crippen molar-refractivity contribution in [1.82, 2.24) is 9.88 Å². The van der Waals surface area contributed by atoms with Gasteiger partial charge in [0.25, 0.3) is 11.2 Å². The lowest BCUT2D eigenvalue weighted by atomic mass is 9.78. The number of likely N-dealkylation sites (tertiary alicyclic amines) is 1. The molecule has 0 atom stereocenters. The van der Waals surface area contributed by atoms with E-state index in [1.165, 1.54) is 6.07 Å². The van der Waals surface area contributed by atoms with Crippen LogP contribution in [0.1, 0.15) is 36.0 Å². The lowest BCUT2D eigenvalue weighted by molar-refractivity contribution is -0.383. The SMILES string of the molecule is O=c1nc(N2CCC3(CCN(Cc4ccc(Cl)c(C(F)(F)F)c4)C3)CC2)sc2c([N+](=O)[O-])cc(C(F)(F)F)cc12. The van der Waals surface area contributed by atoms with E-state index in [-0.39, 0.29) is 20.3 Å². The fraction of sp³-hybridized carbons (Fsp3) is 0.440. The molecular formula is C25H21ClF6N4O3S. The van der Waals surface area contributed by atoms with Gasteiger partial charge in [0.15, 0.2) is 5.13 Å². The van der Waals surface area contributed by atoms with Crippen LogP contribution in [0.2, 0.25) is 5.02 Å². The Morgan fingerprint density at radius 1 is 1.02 bits per heavy atom. The zero-order valence-corrected chi connectivity index (χ0v) is 22.2. The number of hydrogen-bond donors (Lipinski definition) is 0. The first-order chi connectivity index (χ1) is 18.6. The fourth-order valence-electron chi connectivity index (χ4n) is 5.46. The zero-order valence-electron chi connectivity index (χ0n) is 20.6. The van der Waals surface area contributed by atoms with Crippen LogP contribution >= 0.6 is 22.9 Å². The van der Waals surface area contributed by atoms with Gasteiger partial charge in [0.05, 0.1) is 26.5 Å². The summed E-state index contributed by atoms with van der Waals surface area (Å²) >= 11 is 6.54. The van der Waals surface area contributed by atoms with Gasteiger partial charge in [-0.15, -0.1) is 0 Å².